The molecule has 0 bridgehead atoms. The van der Waals surface area contributed by atoms with Crippen molar-refractivity contribution in [1.82, 2.24) is 0 Å². The quantitative estimate of drug-likeness (QED) is 0.211. The number of unbranched alkanes of at least 4 members (excludes halogenated alkanes) is 1. The van der Waals surface area contributed by atoms with Crippen LogP contribution >= 0.6 is 23.5 Å². The van der Waals surface area contributed by atoms with Crippen LogP contribution in [0.5, 0.6) is 5.75 Å². The van der Waals surface area contributed by atoms with Gasteiger partial charge in [-0.15, -0.1) is 23.5 Å². The van der Waals surface area contributed by atoms with E-state index in [2.05, 4.69) is 54.7 Å². The Morgan fingerprint density at radius 3 is 2.61 bits per heavy atom. The molecule has 0 unspecified atom stereocenters. The zero-order valence-electron chi connectivity index (χ0n) is 18.5. The molecule has 31 heavy (non-hydrogen) atoms. The maximum atomic E-state index is 11.4. The Morgan fingerprint density at radius 2 is 1.87 bits per heavy atom. The van der Waals surface area contributed by atoms with E-state index in [1.807, 2.05) is 42.6 Å². The van der Waals surface area contributed by atoms with Crippen molar-refractivity contribution in [2.45, 2.75) is 43.1 Å². The molecule has 0 atom stereocenters. The minimum absolute atomic E-state index is 0.0364. The van der Waals surface area contributed by atoms with E-state index in [1.165, 1.54) is 11.1 Å². The molecule has 3 rings (SSSR count). The second kappa shape index (κ2) is 11.5. The van der Waals surface area contributed by atoms with Crippen LogP contribution in [0, 0.1) is 11.8 Å². The summed E-state index contributed by atoms with van der Waals surface area (Å²) in [7, 11) is 0. The zero-order valence-corrected chi connectivity index (χ0v) is 20.2. The number of fused-ring (bicyclic) bond motifs is 1. The lowest BCUT2D eigenvalue weighted by Crippen LogP contribution is -2.26. The maximum absolute atomic E-state index is 11.4. The summed E-state index contributed by atoms with van der Waals surface area (Å²) in [6.07, 6.45) is 8.57. The normalized spacial score (nSPS) is 14.0. The summed E-state index contributed by atoms with van der Waals surface area (Å²) in [5.74, 6) is 7.52. The number of benzene rings is 2. The highest BCUT2D eigenvalue weighted by Gasteiger charge is 2.36. The van der Waals surface area contributed by atoms with E-state index in [9.17, 15) is 4.79 Å². The highest BCUT2D eigenvalue weighted by Crippen LogP contribution is 2.52. The Bertz CT molecular complexity index is 955. The van der Waals surface area contributed by atoms with E-state index in [0.717, 1.165) is 49.2 Å². The fourth-order valence-corrected chi connectivity index (χ4v) is 5.75. The van der Waals surface area contributed by atoms with Gasteiger partial charge in [-0.1, -0.05) is 24.0 Å². The Labute approximate surface area is 194 Å². The first-order valence-corrected chi connectivity index (χ1v) is 13.2. The molecule has 1 aliphatic rings. The average molecular weight is 455 g/mol. The summed E-state index contributed by atoms with van der Waals surface area (Å²) in [4.78, 5) is 11.4. The fourth-order valence-electron chi connectivity index (χ4n) is 3.75. The molecule has 0 saturated heterocycles. The third-order valence-corrected chi connectivity index (χ3v) is 8.58. The molecular formula is C26H30O3S2. The maximum Gasteiger partial charge on any atom is 0.305 e. The standard InChI is InChI=1S/C26H30O3S2/c1-4-28-25(27)11-6-5-8-20-9-7-10-21(18-20)12-13-22-14-15-24-23(19-22)26(30-2,31-3)16-17-29-24/h7,9-10,14-15,18-19H,4-6,8,11,16-17H2,1-3H3. The number of ether oxygens (including phenoxy) is 2. The van der Waals surface area contributed by atoms with Gasteiger partial charge in [-0.25, -0.2) is 0 Å². The van der Waals surface area contributed by atoms with Crippen LogP contribution in [0.4, 0.5) is 0 Å². The number of carbonyl (C=O) groups is 1. The van der Waals surface area contributed by atoms with E-state index < -0.39 is 0 Å². The number of hydrogen-bond donors (Lipinski definition) is 0. The second-order valence-electron chi connectivity index (χ2n) is 7.43. The van der Waals surface area contributed by atoms with Crippen molar-refractivity contribution in [3.63, 3.8) is 0 Å². The lowest BCUT2D eigenvalue weighted by atomic mass is 10.0. The number of aryl methyl sites for hydroxylation is 1. The molecule has 164 valence electrons. The molecule has 5 heteroatoms. The summed E-state index contributed by atoms with van der Waals surface area (Å²) in [6.45, 7) is 3.04. The number of rotatable bonds is 8. The SMILES string of the molecule is CCOC(=O)CCCCc1cccc(C#Cc2ccc3c(c2)C(SC)(SC)CCO3)c1. The summed E-state index contributed by atoms with van der Waals surface area (Å²) in [6, 6.07) is 14.7. The van der Waals surface area contributed by atoms with Crippen LogP contribution < -0.4 is 4.74 Å². The third kappa shape index (κ3) is 6.24. The van der Waals surface area contributed by atoms with E-state index in [-0.39, 0.29) is 10.0 Å². The lowest BCUT2D eigenvalue weighted by molar-refractivity contribution is -0.143. The van der Waals surface area contributed by atoms with Crippen molar-refractivity contribution in [1.29, 1.82) is 0 Å². The van der Waals surface area contributed by atoms with Crippen molar-refractivity contribution in [2.75, 3.05) is 25.7 Å². The van der Waals surface area contributed by atoms with Gasteiger partial charge in [0.2, 0.25) is 0 Å². The van der Waals surface area contributed by atoms with Crippen LogP contribution in [0.3, 0.4) is 0 Å². The van der Waals surface area contributed by atoms with Gasteiger partial charge in [-0.2, -0.15) is 0 Å². The van der Waals surface area contributed by atoms with Gasteiger partial charge in [-0.3, -0.25) is 4.79 Å². The van der Waals surface area contributed by atoms with Crippen molar-refractivity contribution in [3.05, 3.63) is 64.7 Å². The number of hydrogen-bond acceptors (Lipinski definition) is 5. The molecule has 0 fully saturated rings. The predicted molar refractivity (Wildman–Crippen MR) is 132 cm³/mol. The van der Waals surface area contributed by atoms with E-state index in [4.69, 9.17) is 9.47 Å². The largest absolute Gasteiger partial charge is 0.493 e. The number of thioether (sulfide) groups is 2. The Morgan fingerprint density at radius 1 is 1.10 bits per heavy atom. The highest BCUT2D eigenvalue weighted by molar-refractivity contribution is 8.16. The molecule has 0 aromatic heterocycles. The van der Waals surface area contributed by atoms with Gasteiger partial charge >= 0.3 is 5.97 Å². The molecule has 2 aromatic rings. The molecule has 0 radical (unpaired) electrons. The molecule has 0 N–H and O–H groups in total. The van der Waals surface area contributed by atoms with E-state index >= 15 is 0 Å². The topological polar surface area (TPSA) is 35.5 Å². The molecule has 0 amide bonds. The highest BCUT2D eigenvalue weighted by atomic mass is 32.2. The van der Waals surface area contributed by atoms with Crippen LogP contribution in [-0.4, -0.2) is 31.7 Å². The molecule has 0 saturated carbocycles. The number of carbonyl (C=O) groups excluding carboxylic acids is 1. The van der Waals surface area contributed by atoms with Gasteiger partial charge in [-0.05, 0) is 74.6 Å². The molecule has 1 heterocycles. The van der Waals surface area contributed by atoms with Gasteiger partial charge in [0.05, 0.1) is 17.3 Å². The predicted octanol–water partition coefficient (Wildman–Crippen LogP) is 6.02. The van der Waals surface area contributed by atoms with Crippen molar-refractivity contribution < 1.29 is 14.3 Å². The van der Waals surface area contributed by atoms with Gasteiger partial charge in [0.25, 0.3) is 0 Å². The molecule has 0 aliphatic carbocycles. The Hall–Kier alpha value is -2.03. The van der Waals surface area contributed by atoms with Crippen molar-refractivity contribution in [3.8, 4) is 17.6 Å². The third-order valence-electron chi connectivity index (χ3n) is 5.42. The van der Waals surface area contributed by atoms with Crippen LogP contribution in [0.15, 0.2) is 42.5 Å². The van der Waals surface area contributed by atoms with Gasteiger partial charge < -0.3 is 9.47 Å². The first-order valence-electron chi connectivity index (χ1n) is 10.7. The van der Waals surface area contributed by atoms with E-state index in [1.54, 1.807) is 0 Å². The molecule has 3 nitrogen and oxygen atoms in total. The summed E-state index contributed by atoms with van der Waals surface area (Å²) >= 11 is 3.76. The zero-order chi connectivity index (χ0) is 22.1. The summed E-state index contributed by atoms with van der Waals surface area (Å²) in [5.41, 5.74) is 4.51. The molecular weight excluding hydrogens is 424 g/mol. The van der Waals surface area contributed by atoms with E-state index in [0.29, 0.717) is 13.0 Å². The minimum atomic E-state index is -0.107. The monoisotopic (exact) mass is 454 g/mol. The molecule has 0 spiro atoms. The second-order valence-corrected chi connectivity index (χ2v) is 9.90. The van der Waals surface area contributed by atoms with Gasteiger partial charge in [0.1, 0.15) is 5.75 Å². The minimum Gasteiger partial charge on any atom is -0.493 e. The van der Waals surface area contributed by atoms with Gasteiger partial charge in [0.15, 0.2) is 0 Å². The molecule has 1 aliphatic heterocycles. The Kier molecular flexibility index (Phi) is 8.80. The lowest BCUT2D eigenvalue weighted by Gasteiger charge is -2.36. The van der Waals surface area contributed by atoms with Crippen LogP contribution in [-0.2, 0) is 20.0 Å². The summed E-state index contributed by atoms with van der Waals surface area (Å²) in [5, 5.41) is 0. The van der Waals surface area contributed by atoms with Crippen molar-refractivity contribution in [2.24, 2.45) is 0 Å². The first-order chi connectivity index (χ1) is 15.1. The Balaban J connectivity index is 1.67. The van der Waals surface area contributed by atoms with Crippen LogP contribution in [0.1, 0.15) is 54.9 Å². The average Bonchev–Trinajstić information content (AvgIpc) is 2.80. The van der Waals surface area contributed by atoms with Gasteiger partial charge in [0, 0.05) is 29.5 Å². The van der Waals surface area contributed by atoms with Crippen LogP contribution in [0.25, 0.3) is 0 Å². The smallest absolute Gasteiger partial charge is 0.305 e. The number of esters is 1. The first kappa shape index (κ1) is 23.6. The molecule has 2 aromatic carbocycles. The van der Waals surface area contributed by atoms with Crippen molar-refractivity contribution >= 4 is 29.5 Å². The van der Waals surface area contributed by atoms with Crippen LogP contribution in [0.2, 0.25) is 0 Å². The summed E-state index contributed by atoms with van der Waals surface area (Å²) < 4.78 is 10.9. The fraction of sp³-hybridized carbons (Fsp3) is 0.423.